The van der Waals surface area contributed by atoms with Crippen molar-refractivity contribution >= 4 is 15.7 Å². The third kappa shape index (κ3) is 5.05. The molecule has 5 nitrogen and oxygen atoms in total. The second-order valence-corrected chi connectivity index (χ2v) is 11.0. The third-order valence-corrected chi connectivity index (χ3v) is 7.82. The molecule has 0 bridgehead atoms. The number of ether oxygens (including phenoxy) is 1. The van der Waals surface area contributed by atoms with Crippen molar-refractivity contribution < 1.29 is 13.2 Å². The first kappa shape index (κ1) is 21.3. The Morgan fingerprint density at radius 3 is 2.20 bits per heavy atom. The molecule has 30 heavy (non-hydrogen) atoms. The Bertz CT molecular complexity index is 917. The minimum Gasteiger partial charge on any atom is -0.381 e. The molecule has 2 aliphatic rings. The summed E-state index contributed by atoms with van der Waals surface area (Å²) >= 11 is 0. The Hall–Kier alpha value is -1.89. The zero-order valence-electron chi connectivity index (χ0n) is 17.9. The van der Waals surface area contributed by atoms with Gasteiger partial charge in [0.15, 0.2) is 0 Å². The fourth-order valence-corrected chi connectivity index (χ4v) is 6.14. The molecular formula is C24H32N2O3S. The van der Waals surface area contributed by atoms with Gasteiger partial charge in [-0.05, 0) is 29.2 Å². The van der Waals surface area contributed by atoms with Gasteiger partial charge in [0.25, 0.3) is 0 Å². The van der Waals surface area contributed by atoms with Crippen molar-refractivity contribution in [2.45, 2.75) is 26.1 Å². The molecule has 0 aliphatic carbocycles. The van der Waals surface area contributed by atoms with E-state index in [0.717, 1.165) is 37.4 Å². The molecule has 2 saturated heterocycles. The molecule has 0 saturated carbocycles. The Labute approximate surface area is 180 Å². The standard InChI is InChI=1S/C24H32N2O3S/c1-19(2)12-26(30(27,28)18-21-6-4-3-5-7-21)13-20-8-10-24(11-9-20)25-14-22-16-29-17-23(22)15-25/h3-11,19,22-23H,12-18H2,1-2H3/t22-,23+. The van der Waals surface area contributed by atoms with Gasteiger partial charge in [-0.25, -0.2) is 8.42 Å². The van der Waals surface area contributed by atoms with E-state index in [-0.39, 0.29) is 11.7 Å². The van der Waals surface area contributed by atoms with Crippen molar-refractivity contribution in [2.75, 3.05) is 37.7 Å². The zero-order valence-corrected chi connectivity index (χ0v) is 18.7. The maximum absolute atomic E-state index is 13.1. The lowest BCUT2D eigenvalue weighted by molar-refractivity contribution is 0.177. The summed E-state index contributed by atoms with van der Waals surface area (Å²) in [5.74, 6) is 1.60. The first-order valence-corrected chi connectivity index (χ1v) is 12.4. The number of rotatable bonds is 8. The van der Waals surface area contributed by atoms with Gasteiger partial charge in [-0.15, -0.1) is 0 Å². The Morgan fingerprint density at radius 2 is 1.60 bits per heavy atom. The van der Waals surface area contributed by atoms with Crippen LogP contribution in [0.15, 0.2) is 54.6 Å². The Balaban J connectivity index is 1.45. The van der Waals surface area contributed by atoms with Gasteiger partial charge in [0.1, 0.15) is 0 Å². The van der Waals surface area contributed by atoms with Gasteiger partial charge in [0.2, 0.25) is 10.0 Å². The third-order valence-electron chi connectivity index (χ3n) is 6.05. The quantitative estimate of drug-likeness (QED) is 0.642. The average molecular weight is 429 g/mol. The highest BCUT2D eigenvalue weighted by Gasteiger charge is 2.37. The fraction of sp³-hybridized carbons (Fsp3) is 0.500. The van der Waals surface area contributed by atoms with E-state index in [1.807, 2.05) is 30.3 Å². The van der Waals surface area contributed by atoms with Gasteiger partial charge in [0.05, 0.1) is 19.0 Å². The fourth-order valence-electron chi connectivity index (χ4n) is 4.47. The maximum atomic E-state index is 13.1. The SMILES string of the molecule is CC(C)CN(Cc1ccc(N2C[C@H]3COC[C@H]3C2)cc1)S(=O)(=O)Cc1ccccc1. The van der Waals surface area contributed by atoms with E-state index in [4.69, 9.17) is 4.74 Å². The van der Waals surface area contributed by atoms with Crippen molar-refractivity contribution in [3.8, 4) is 0 Å². The highest BCUT2D eigenvalue weighted by Crippen LogP contribution is 2.32. The van der Waals surface area contributed by atoms with Gasteiger partial charge in [-0.2, -0.15) is 4.31 Å². The van der Waals surface area contributed by atoms with Crippen molar-refractivity contribution in [1.29, 1.82) is 0 Å². The van der Waals surface area contributed by atoms with Crippen molar-refractivity contribution in [3.05, 3.63) is 65.7 Å². The molecule has 2 aliphatic heterocycles. The van der Waals surface area contributed by atoms with Crippen molar-refractivity contribution in [1.82, 2.24) is 4.31 Å². The minimum absolute atomic E-state index is 0.0390. The molecule has 0 unspecified atom stereocenters. The van der Waals surface area contributed by atoms with Gasteiger partial charge in [-0.1, -0.05) is 56.3 Å². The normalized spacial score (nSPS) is 21.5. The Morgan fingerprint density at radius 1 is 0.967 bits per heavy atom. The summed E-state index contributed by atoms with van der Waals surface area (Å²) in [5, 5.41) is 0. The second-order valence-electron chi connectivity index (χ2n) is 9.06. The smallest absolute Gasteiger partial charge is 0.218 e. The summed E-state index contributed by atoms with van der Waals surface area (Å²) in [6.45, 7) is 8.90. The van der Waals surface area contributed by atoms with Crippen LogP contribution in [-0.4, -0.2) is 45.6 Å². The molecule has 4 rings (SSSR count). The summed E-state index contributed by atoms with van der Waals surface area (Å²) in [6.07, 6.45) is 0. The van der Waals surface area contributed by atoms with Gasteiger partial charge in [-0.3, -0.25) is 0 Å². The molecule has 162 valence electrons. The predicted molar refractivity (Wildman–Crippen MR) is 121 cm³/mol. The summed E-state index contributed by atoms with van der Waals surface area (Å²) < 4.78 is 33.5. The van der Waals surface area contributed by atoms with Crippen LogP contribution in [0.3, 0.4) is 0 Å². The van der Waals surface area contributed by atoms with Crippen LogP contribution in [0.4, 0.5) is 5.69 Å². The topological polar surface area (TPSA) is 49.9 Å². The molecule has 0 N–H and O–H groups in total. The van der Waals surface area contributed by atoms with Crippen molar-refractivity contribution in [2.24, 2.45) is 17.8 Å². The molecule has 2 aromatic rings. The van der Waals surface area contributed by atoms with E-state index in [1.54, 1.807) is 4.31 Å². The van der Waals surface area contributed by atoms with Crippen LogP contribution in [0.1, 0.15) is 25.0 Å². The van der Waals surface area contributed by atoms with E-state index in [1.165, 1.54) is 5.69 Å². The lowest BCUT2D eigenvalue weighted by Crippen LogP contribution is -2.34. The molecule has 2 heterocycles. The van der Waals surface area contributed by atoms with Gasteiger partial charge < -0.3 is 9.64 Å². The predicted octanol–water partition coefficient (Wildman–Crippen LogP) is 3.76. The lowest BCUT2D eigenvalue weighted by atomic mass is 10.0. The van der Waals surface area contributed by atoms with Crippen LogP contribution in [0.25, 0.3) is 0 Å². The van der Waals surface area contributed by atoms with Gasteiger partial charge >= 0.3 is 0 Å². The molecule has 0 spiro atoms. The summed E-state index contributed by atoms with van der Waals surface area (Å²) in [4.78, 5) is 2.43. The number of hydrogen-bond donors (Lipinski definition) is 0. The zero-order chi connectivity index (χ0) is 21.1. The van der Waals surface area contributed by atoms with Crippen molar-refractivity contribution in [3.63, 3.8) is 0 Å². The molecule has 0 aromatic heterocycles. The van der Waals surface area contributed by atoms with Crippen LogP contribution in [0, 0.1) is 17.8 Å². The van der Waals surface area contributed by atoms with Crippen LogP contribution in [0.5, 0.6) is 0 Å². The lowest BCUT2D eigenvalue weighted by Gasteiger charge is -2.25. The van der Waals surface area contributed by atoms with Crippen LogP contribution >= 0.6 is 0 Å². The van der Waals surface area contributed by atoms with Crippen LogP contribution < -0.4 is 4.90 Å². The molecule has 2 fully saturated rings. The molecule has 0 radical (unpaired) electrons. The maximum Gasteiger partial charge on any atom is 0.218 e. The summed E-state index contributed by atoms with van der Waals surface area (Å²) in [5.41, 5.74) is 3.07. The Kier molecular flexibility index (Phi) is 6.46. The minimum atomic E-state index is -3.40. The molecule has 6 heteroatoms. The first-order valence-electron chi connectivity index (χ1n) is 10.8. The number of anilines is 1. The largest absolute Gasteiger partial charge is 0.381 e. The number of nitrogens with zero attached hydrogens (tertiary/aromatic N) is 2. The number of hydrogen-bond acceptors (Lipinski definition) is 4. The van der Waals surface area contributed by atoms with E-state index < -0.39 is 10.0 Å². The molecular weight excluding hydrogens is 396 g/mol. The number of sulfonamides is 1. The van der Waals surface area contributed by atoms with Gasteiger partial charge in [0, 0.05) is 43.7 Å². The van der Waals surface area contributed by atoms with E-state index in [0.29, 0.717) is 24.9 Å². The molecule has 2 atom stereocenters. The average Bonchev–Trinajstić information content (AvgIpc) is 3.30. The summed E-state index contributed by atoms with van der Waals surface area (Å²) in [6, 6.07) is 17.8. The number of benzene rings is 2. The molecule has 0 amide bonds. The van der Waals surface area contributed by atoms with Crippen LogP contribution in [-0.2, 0) is 27.1 Å². The first-order chi connectivity index (χ1) is 14.4. The van der Waals surface area contributed by atoms with E-state index in [2.05, 4.69) is 43.0 Å². The number of fused-ring (bicyclic) bond motifs is 1. The second kappa shape index (κ2) is 9.08. The van der Waals surface area contributed by atoms with Crippen LogP contribution in [0.2, 0.25) is 0 Å². The highest BCUT2D eigenvalue weighted by molar-refractivity contribution is 7.88. The highest BCUT2D eigenvalue weighted by atomic mass is 32.2. The van der Waals surface area contributed by atoms with E-state index >= 15 is 0 Å². The van der Waals surface area contributed by atoms with E-state index in [9.17, 15) is 8.42 Å². The molecule has 2 aromatic carbocycles. The summed E-state index contributed by atoms with van der Waals surface area (Å²) in [7, 11) is -3.40. The monoisotopic (exact) mass is 428 g/mol.